The van der Waals surface area contributed by atoms with E-state index in [1.165, 1.54) is 0 Å². The van der Waals surface area contributed by atoms with Crippen molar-refractivity contribution in [2.24, 2.45) is 10.9 Å². The van der Waals surface area contributed by atoms with Crippen molar-refractivity contribution in [2.45, 2.75) is 45.1 Å². The molecule has 2 unspecified atom stereocenters. The molecule has 0 aromatic heterocycles. The van der Waals surface area contributed by atoms with Crippen molar-refractivity contribution in [1.82, 2.24) is 15.5 Å². The largest absolute Gasteiger partial charge is 0.444 e. The van der Waals surface area contributed by atoms with Gasteiger partial charge in [-0.25, -0.2) is 9.79 Å². The van der Waals surface area contributed by atoms with Crippen LogP contribution in [-0.4, -0.2) is 59.9 Å². The van der Waals surface area contributed by atoms with Crippen LogP contribution in [0.1, 0.15) is 37.9 Å². The molecule has 34 heavy (non-hydrogen) atoms. The third kappa shape index (κ3) is 6.66. The van der Waals surface area contributed by atoms with Gasteiger partial charge in [-0.2, -0.15) is 13.2 Å². The molecule has 0 fully saturated rings. The van der Waals surface area contributed by atoms with Crippen molar-refractivity contribution in [3.05, 3.63) is 47.5 Å². The third-order valence-corrected chi connectivity index (χ3v) is 5.19. The number of carbonyl (C=O) groups is 3. The zero-order valence-corrected chi connectivity index (χ0v) is 19.1. The van der Waals surface area contributed by atoms with E-state index in [-0.39, 0.29) is 0 Å². The van der Waals surface area contributed by atoms with Crippen molar-refractivity contribution < 1.29 is 32.3 Å². The lowest BCUT2D eigenvalue weighted by Gasteiger charge is -2.35. The van der Waals surface area contributed by atoms with Gasteiger partial charge in [-0.15, -0.1) is 0 Å². The van der Waals surface area contributed by atoms with Crippen molar-refractivity contribution in [2.75, 3.05) is 19.6 Å². The number of carbonyl (C=O) groups excluding carboxylic acids is 3. The van der Waals surface area contributed by atoms with Crippen molar-refractivity contribution >= 4 is 23.6 Å². The van der Waals surface area contributed by atoms with Crippen LogP contribution in [0.5, 0.6) is 0 Å². The fraction of sp³-hybridized carbons (Fsp3) is 0.478. The quantitative estimate of drug-likeness (QED) is 0.632. The molecule has 184 valence electrons. The van der Waals surface area contributed by atoms with Crippen LogP contribution in [0.4, 0.5) is 18.0 Å². The number of ether oxygens (including phenoxy) is 1. The zero-order chi connectivity index (χ0) is 25.1. The van der Waals surface area contributed by atoms with Gasteiger partial charge in [-0.05, 0) is 38.0 Å². The van der Waals surface area contributed by atoms with Gasteiger partial charge in [0, 0.05) is 26.2 Å². The zero-order valence-electron chi connectivity index (χ0n) is 19.1. The van der Waals surface area contributed by atoms with Crippen LogP contribution in [0.2, 0.25) is 0 Å². The highest BCUT2D eigenvalue weighted by molar-refractivity contribution is 6.14. The summed E-state index contributed by atoms with van der Waals surface area (Å²) in [5.41, 5.74) is -0.120. The molecular weight excluding hydrogens is 453 g/mol. The molecule has 0 bridgehead atoms. The summed E-state index contributed by atoms with van der Waals surface area (Å²) in [5.74, 6) is -3.31. The molecule has 11 heteroatoms. The summed E-state index contributed by atoms with van der Waals surface area (Å²) in [5, 5.41) is 5.46. The lowest BCUT2D eigenvalue weighted by Crippen LogP contribution is -2.46. The number of alkyl halides is 3. The first-order valence-electron chi connectivity index (χ1n) is 10.8. The number of rotatable bonds is 5. The summed E-state index contributed by atoms with van der Waals surface area (Å²) in [7, 11) is 0. The summed E-state index contributed by atoms with van der Waals surface area (Å²) in [6.45, 7) is 7.06. The summed E-state index contributed by atoms with van der Waals surface area (Å²) >= 11 is 0. The normalized spacial score (nSPS) is 20.9. The number of nitrogens with zero attached hydrogens (tertiary/aromatic N) is 2. The molecule has 8 nitrogen and oxygen atoms in total. The van der Waals surface area contributed by atoms with Gasteiger partial charge in [0.05, 0.1) is 6.04 Å². The molecule has 1 aromatic rings. The maximum Gasteiger partial charge on any atom is 0.433 e. The smallest absolute Gasteiger partial charge is 0.433 e. The monoisotopic (exact) mass is 480 g/mol. The number of nitrogens with one attached hydrogen (secondary N) is 2. The number of hydrogen-bond acceptors (Lipinski definition) is 5. The minimum absolute atomic E-state index is 0.316. The van der Waals surface area contributed by atoms with Gasteiger partial charge in [-0.1, -0.05) is 30.3 Å². The van der Waals surface area contributed by atoms with Crippen LogP contribution in [0.3, 0.4) is 0 Å². The van der Waals surface area contributed by atoms with Gasteiger partial charge in [0.25, 0.3) is 5.91 Å². The van der Waals surface area contributed by atoms with E-state index in [2.05, 4.69) is 15.6 Å². The molecule has 0 radical (unpaired) electrons. The highest BCUT2D eigenvalue weighted by Crippen LogP contribution is 2.27. The number of halogens is 3. The number of hydrogen-bond donors (Lipinski definition) is 2. The maximum absolute atomic E-state index is 12.8. The Morgan fingerprint density at radius 3 is 2.56 bits per heavy atom. The lowest BCUT2D eigenvalue weighted by molar-refractivity contribution is -0.132. The molecule has 0 saturated carbocycles. The van der Waals surface area contributed by atoms with E-state index in [0.29, 0.717) is 32.3 Å². The molecule has 0 spiro atoms. The molecule has 1 aromatic carbocycles. The number of aliphatic imine (C=N–C) groups is 1. The summed E-state index contributed by atoms with van der Waals surface area (Å²) in [6.07, 6.45) is -3.72. The molecule has 2 N–H and O–H groups in total. The van der Waals surface area contributed by atoms with Crippen molar-refractivity contribution in [3.8, 4) is 0 Å². The molecule has 0 saturated heterocycles. The van der Waals surface area contributed by atoms with Gasteiger partial charge in [0.2, 0.25) is 5.91 Å². The van der Waals surface area contributed by atoms with Crippen LogP contribution in [0, 0.1) is 5.92 Å². The van der Waals surface area contributed by atoms with E-state index in [1.54, 1.807) is 20.8 Å². The minimum Gasteiger partial charge on any atom is -0.444 e. The summed E-state index contributed by atoms with van der Waals surface area (Å²) in [4.78, 5) is 41.8. The predicted molar refractivity (Wildman–Crippen MR) is 118 cm³/mol. The molecule has 2 aliphatic heterocycles. The summed E-state index contributed by atoms with van der Waals surface area (Å²) in [6, 6.07) is 6.96. The van der Waals surface area contributed by atoms with Gasteiger partial charge in [0.15, 0.2) is 0 Å². The van der Waals surface area contributed by atoms with Crippen LogP contribution in [-0.2, 0) is 20.9 Å². The Morgan fingerprint density at radius 2 is 1.91 bits per heavy atom. The van der Waals surface area contributed by atoms with Gasteiger partial charge < -0.3 is 15.4 Å². The van der Waals surface area contributed by atoms with E-state index in [4.69, 9.17) is 4.74 Å². The molecule has 3 rings (SSSR count). The third-order valence-electron chi connectivity index (χ3n) is 5.19. The Hall–Kier alpha value is -3.21. The van der Waals surface area contributed by atoms with E-state index >= 15 is 0 Å². The fourth-order valence-corrected chi connectivity index (χ4v) is 3.72. The Kier molecular flexibility index (Phi) is 7.44. The van der Waals surface area contributed by atoms with Crippen LogP contribution < -0.4 is 10.6 Å². The second kappa shape index (κ2) is 9.96. The van der Waals surface area contributed by atoms with Crippen LogP contribution >= 0.6 is 0 Å². The fourth-order valence-electron chi connectivity index (χ4n) is 3.72. The van der Waals surface area contributed by atoms with Crippen LogP contribution in [0.15, 0.2) is 41.4 Å². The number of dihydropyridines is 1. The number of benzene rings is 1. The molecule has 2 aliphatic rings. The SMILES string of the molecule is CC(C)(C)OC(=O)NCCN1Cc2ccccc2C(NC(=O)C2C=CC(C(F)(F)F)=NC2=O)C1. The predicted octanol–water partition coefficient (Wildman–Crippen LogP) is 2.90. The molecule has 0 aliphatic carbocycles. The first-order valence-corrected chi connectivity index (χ1v) is 10.8. The Bertz CT molecular complexity index is 1010. The lowest BCUT2D eigenvalue weighted by atomic mass is 9.94. The van der Waals surface area contributed by atoms with E-state index in [0.717, 1.165) is 17.2 Å². The highest BCUT2D eigenvalue weighted by Gasteiger charge is 2.39. The van der Waals surface area contributed by atoms with Gasteiger partial charge >= 0.3 is 12.3 Å². The number of fused-ring (bicyclic) bond motifs is 1. The van der Waals surface area contributed by atoms with Gasteiger partial charge in [0.1, 0.15) is 17.2 Å². The van der Waals surface area contributed by atoms with Crippen molar-refractivity contribution in [1.29, 1.82) is 0 Å². The van der Waals surface area contributed by atoms with E-state index in [1.807, 2.05) is 29.2 Å². The number of allylic oxidation sites excluding steroid dienone is 1. The minimum atomic E-state index is -4.76. The average molecular weight is 480 g/mol. The Labute approximate surface area is 195 Å². The average Bonchev–Trinajstić information content (AvgIpc) is 2.71. The maximum atomic E-state index is 12.8. The van der Waals surface area contributed by atoms with E-state index < -0.39 is 47.4 Å². The first kappa shape index (κ1) is 25.4. The highest BCUT2D eigenvalue weighted by atomic mass is 19.4. The molecule has 2 atom stereocenters. The molecule has 2 heterocycles. The Morgan fingerprint density at radius 1 is 1.21 bits per heavy atom. The topological polar surface area (TPSA) is 100 Å². The number of alkyl carbamates (subject to hydrolysis) is 1. The summed E-state index contributed by atoms with van der Waals surface area (Å²) < 4.78 is 43.6. The Balaban J connectivity index is 1.64. The first-order chi connectivity index (χ1) is 15.8. The van der Waals surface area contributed by atoms with Gasteiger partial charge in [-0.3, -0.25) is 14.5 Å². The number of amides is 3. The molecule has 3 amide bonds. The van der Waals surface area contributed by atoms with Crippen LogP contribution in [0.25, 0.3) is 0 Å². The van der Waals surface area contributed by atoms with E-state index in [9.17, 15) is 27.6 Å². The molecular formula is C23H27F3N4O4. The van der Waals surface area contributed by atoms with Crippen molar-refractivity contribution in [3.63, 3.8) is 0 Å². The standard InChI is InChI=1S/C23H27F3N4O4/c1-22(2,3)34-21(33)27-10-11-30-12-14-6-4-5-7-15(14)17(13-30)28-19(31)16-8-9-18(23(24,25)26)29-20(16)32/h4-9,16-17H,10-13H2,1-3H3,(H,27,33)(H,28,31). The second-order valence-corrected chi connectivity index (χ2v) is 9.09. The second-order valence-electron chi connectivity index (χ2n) is 9.09.